The van der Waals surface area contributed by atoms with Crippen molar-refractivity contribution >= 4 is 28.6 Å². The van der Waals surface area contributed by atoms with Crippen molar-refractivity contribution in [1.29, 1.82) is 0 Å². The Hall–Kier alpha value is -4.04. The zero-order chi connectivity index (χ0) is 23.1. The molecule has 1 atom stereocenters. The lowest BCUT2D eigenvalue weighted by molar-refractivity contribution is -0.128. The molecule has 5 aromatic rings. The van der Waals surface area contributed by atoms with E-state index in [9.17, 15) is 9.59 Å². The molecule has 1 aliphatic rings. The van der Waals surface area contributed by atoms with Crippen molar-refractivity contribution in [3.8, 4) is 16.8 Å². The first-order valence-corrected chi connectivity index (χ1v) is 11.8. The fourth-order valence-electron chi connectivity index (χ4n) is 4.16. The van der Waals surface area contributed by atoms with Gasteiger partial charge in [0.2, 0.25) is 5.91 Å². The van der Waals surface area contributed by atoms with Gasteiger partial charge in [-0.05, 0) is 36.4 Å². The van der Waals surface area contributed by atoms with Gasteiger partial charge in [0.1, 0.15) is 22.4 Å². The number of hydrogen-bond donors (Lipinski definition) is 0. The Morgan fingerprint density at radius 1 is 0.971 bits per heavy atom. The van der Waals surface area contributed by atoms with Gasteiger partial charge in [-0.1, -0.05) is 36.4 Å². The summed E-state index contributed by atoms with van der Waals surface area (Å²) >= 11 is 1.49. The van der Waals surface area contributed by atoms with Gasteiger partial charge in [-0.3, -0.25) is 4.79 Å². The normalized spacial score (nSPS) is 15.9. The van der Waals surface area contributed by atoms with Crippen molar-refractivity contribution in [3.05, 3.63) is 107 Å². The van der Waals surface area contributed by atoms with Crippen molar-refractivity contribution in [2.75, 3.05) is 5.75 Å². The summed E-state index contributed by atoms with van der Waals surface area (Å²) in [6.07, 6.45) is 3.42. The number of fused-ring (bicyclic) bond motifs is 1. The highest BCUT2D eigenvalue weighted by Crippen LogP contribution is 2.43. The van der Waals surface area contributed by atoms with E-state index in [0.717, 1.165) is 11.1 Å². The van der Waals surface area contributed by atoms with Crippen LogP contribution in [0.5, 0.6) is 0 Å². The number of thioether (sulfide) groups is 1. The van der Waals surface area contributed by atoms with Crippen LogP contribution in [0.3, 0.4) is 0 Å². The van der Waals surface area contributed by atoms with Gasteiger partial charge in [0.25, 0.3) is 0 Å². The van der Waals surface area contributed by atoms with Gasteiger partial charge in [-0.25, -0.2) is 9.48 Å². The number of furan rings is 1. The Bertz CT molecular complexity index is 1540. The number of nitrogens with zero attached hydrogens (tertiary/aromatic N) is 3. The number of hydrogen-bond acceptors (Lipinski definition) is 6. The van der Waals surface area contributed by atoms with Crippen LogP contribution in [-0.4, -0.2) is 26.3 Å². The average Bonchev–Trinajstić information content (AvgIpc) is 3.61. The van der Waals surface area contributed by atoms with Gasteiger partial charge in [0, 0.05) is 17.1 Å². The van der Waals surface area contributed by atoms with Crippen molar-refractivity contribution < 1.29 is 13.6 Å². The molecule has 3 aromatic heterocycles. The molecule has 8 heteroatoms. The summed E-state index contributed by atoms with van der Waals surface area (Å²) in [6, 6.07) is 22.5. The summed E-state index contributed by atoms with van der Waals surface area (Å²) in [6.45, 7) is 0.327. The van der Waals surface area contributed by atoms with Crippen molar-refractivity contribution in [2.45, 2.75) is 11.9 Å². The molecule has 4 heterocycles. The van der Waals surface area contributed by atoms with E-state index in [1.54, 1.807) is 28.0 Å². The van der Waals surface area contributed by atoms with E-state index in [-0.39, 0.29) is 11.3 Å². The van der Waals surface area contributed by atoms with Crippen LogP contribution in [0.15, 0.2) is 98.9 Å². The topological polar surface area (TPSA) is 81.5 Å². The van der Waals surface area contributed by atoms with E-state index >= 15 is 0 Å². The highest BCUT2D eigenvalue weighted by molar-refractivity contribution is 8.00. The van der Waals surface area contributed by atoms with Crippen LogP contribution in [0, 0.1) is 0 Å². The van der Waals surface area contributed by atoms with Gasteiger partial charge in [0.05, 0.1) is 29.8 Å². The maximum Gasteiger partial charge on any atom is 0.344 e. The van der Waals surface area contributed by atoms with Gasteiger partial charge in [-0.2, -0.15) is 5.10 Å². The van der Waals surface area contributed by atoms with Gasteiger partial charge < -0.3 is 13.7 Å². The number of para-hydroxylation sites is 2. The molecule has 0 unspecified atom stereocenters. The van der Waals surface area contributed by atoms with Crippen LogP contribution in [0.4, 0.5) is 0 Å². The van der Waals surface area contributed by atoms with Crippen LogP contribution < -0.4 is 5.63 Å². The maximum absolute atomic E-state index is 13.0. The molecule has 0 aliphatic carbocycles. The lowest BCUT2D eigenvalue weighted by Crippen LogP contribution is -2.28. The second-order valence-electron chi connectivity index (χ2n) is 7.96. The quantitative estimate of drug-likeness (QED) is 0.337. The Kier molecular flexibility index (Phi) is 5.07. The fourth-order valence-corrected chi connectivity index (χ4v) is 5.33. The molecular formula is C26H19N3O4S. The van der Waals surface area contributed by atoms with Gasteiger partial charge in [0.15, 0.2) is 0 Å². The molecule has 6 rings (SSSR count). The number of amides is 1. The fraction of sp³-hybridized carbons (Fsp3) is 0.115. The van der Waals surface area contributed by atoms with Crippen molar-refractivity contribution in [1.82, 2.24) is 14.7 Å². The predicted octanol–water partition coefficient (Wildman–Crippen LogP) is 5.01. The molecule has 0 N–H and O–H groups in total. The van der Waals surface area contributed by atoms with Crippen LogP contribution in [0.25, 0.3) is 27.8 Å². The maximum atomic E-state index is 13.0. The zero-order valence-corrected chi connectivity index (χ0v) is 18.8. The van der Waals surface area contributed by atoms with E-state index in [4.69, 9.17) is 13.9 Å². The molecule has 1 aliphatic heterocycles. The standard InChI is InChI=1S/C26H19N3O4S/c30-23-16-34-25(28(23)14-19-10-6-12-32-19)24-21(15-29(27-24)18-8-2-1-3-9-18)20-13-17-7-4-5-11-22(17)33-26(20)31/h1-13,15,25H,14,16H2/t25-/m0/s1. The summed E-state index contributed by atoms with van der Waals surface area (Å²) in [5.41, 5.74) is 2.62. The molecule has 34 heavy (non-hydrogen) atoms. The van der Waals surface area contributed by atoms with E-state index < -0.39 is 5.63 Å². The third-order valence-electron chi connectivity index (χ3n) is 5.80. The number of carbonyl (C=O) groups excluding carboxylic acids is 1. The minimum Gasteiger partial charge on any atom is -0.467 e. The Morgan fingerprint density at radius 3 is 2.62 bits per heavy atom. The molecule has 0 saturated carbocycles. The Labute approximate surface area is 198 Å². The Morgan fingerprint density at radius 2 is 1.79 bits per heavy atom. The minimum atomic E-state index is -0.445. The number of benzene rings is 2. The number of rotatable bonds is 5. The molecule has 1 saturated heterocycles. The van der Waals surface area contributed by atoms with Crippen molar-refractivity contribution in [2.24, 2.45) is 0 Å². The first kappa shape index (κ1) is 20.6. The smallest absolute Gasteiger partial charge is 0.344 e. The zero-order valence-electron chi connectivity index (χ0n) is 18.0. The van der Waals surface area contributed by atoms with E-state index in [2.05, 4.69) is 0 Å². The summed E-state index contributed by atoms with van der Waals surface area (Å²) in [5, 5.41) is 5.31. The predicted molar refractivity (Wildman–Crippen MR) is 129 cm³/mol. The van der Waals surface area contributed by atoms with E-state index in [0.29, 0.717) is 40.5 Å². The van der Waals surface area contributed by atoms with Crippen LogP contribution in [-0.2, 0) is 11.3 Å². The van der Waals surface area contributed by atoms with Crippen LogP contribution in [0.2, 0.25) is 0 Å². The summed E-state index contributed by atoms with van der Waals surface area (Å²) in [7, 11) is 0. The third-order valence-corrected chi connectivity index (χ3v) is 7.01. The molecule has 0 bridgehead atoms. The molecule has 1 amide bonds. The number of aromatic nitrogens is 2. The third kappa shape index (κ3) is 3.62. The van der Waals surface area contributed by atoms with Gasteiger partial charge in [-0.15, -0.1) is 11.8 Å². The Balaban J connectivity index is 1.52. The van der Waals surface area contributed by atoms with E-state index in [1.165, 1.54) is 11.8 Å². The largest absolute Gasteiger partial charge is 0.467 e. The van der Waals surface area contributed by atoms with Crippen LogP contribution >= 0.6 is 11.8 Å². The minimum absolute atomic E-state index is 0.00263. The van der Waals surface area contributed by atoms with Crippen LogP contribution in [0.1, 0.15) is 16.8 Å². The first-order chi connectivity index (χ1) is 16.7. The highest BCUT2D eigenvalue weighted by Gasteiger charge is 2.37. The second kappa shape index (κ2) is 8.39. The summed E-state index contributed by atoms with van der Waals surface area (Å²) in [5.74, 6) is 1.02. The lowest BCUT2D eigenvalue weighted by Gasteiger charge is -2.22. The lowest BCUT2D eigenvalue weighted by atomic mass is 10.1. The second-order valence-corrected chi connectivity index (χ2v) is 9.03. The van der Waals surface area contributed by atoms with E-state index in [1.807, 2.05) is 66.9 Å². The molecule has 168 valence electrons. The summed E-state index contributed by atoms with van der Waals surface area (Å²) in [4.78, 5) is 27.6. The molecule has 1 fully saturated rings. The highest BCUT2D eigenvalue weighted by atomic mass is 32.2. The molecule has 0 radical (unpaired) electrons. The average molecular weight is 470 g/mol. The molecule has 0 spiro atoms. The first-order valence-electron chi connectivity index (χ1n) is 10.8. The molecular weight excluding hydrogens is 450 g/mol. The monoisotopic (exact) mass is 469 g/mol. The van der Waals surface area contributed by atoms with Gasteiger partial charge >= 0.3 is 5.63 Å². The SMILES string of the molecule is O=C1CS[C@@H](c2nn(-c3ccccc3)cc2-c2cc3ccccc3oc2=O)N1Cc1ccco1. The molecule has 7 nitrogen and oxygen atoms in total. The van der Waals surface area contributed by atoms with Crippen molar-refractivity contribution in [3.63, 3.8) is 0 Å². The summed E-state index contributed by atoms with van der Waals surface area (Å²) < 4.78 is 12.9. The molecule has 2 aromatic carbocycles. The number of carbonyl (C=O) groups is 1.